The summed E-state index contributed by atoms with van der Waals surface area (Å²) in [5, 5.41) is 4.92. The highest BCUT2D eigenvalue weighted by molar-refractivity contribution is 7.98. The van der Waals surface area contributed by atoms with Gasteiger partial charge in [0.05, 0.1) is 0 Å². The van der Waals surface area contributed by atoms with Crippen molar-refractivity contribution in [3.63, 3.8) is 0 Å². The van der Waals surface area contributed by atoms with Crippen molar-refractivity contribution in [2.24, 2.45) is 0 Å². The molecular weight excluding hydrogens is 278 g/mol. The van der Waals surface area contributed by atoms with E-state index in [2.05, 4.69) is 22.2 Å². The number of nitrogens with one attached hydrogen (secondary N) is 1. The molecule has 3 nitrogen and oxygen atoms in total. The molecule has 0 saturated carbocycles. The summed E-state index contributed by atoms with van der Waals surface area (Å²) in [4.78, 5) is 8.62. The highest BCUT2D eigenvalue weighted by Crippen LogP contribution is 2.28. The summed E-state index contributed by atoms with van der Waals surface area (Å²) in [7, 11) is 1.88. The van der Waals surface area contributed by atoms with Gasteiger partial charge in [0.15, 0.2) is 0 Å². The molecule has 1 aromatic carbocycles. The van der Waals surface area contributed by atoms with Crippen molar-refractivity contribution in [2.75, 3.05) is 12.4 Å². The minimum absolute atomic E-state index is 0.766. The van der Waals surface area contributed by atoms with Crippen LogP contribution in [-0.4, -0.2) is 17.0 Å². The second-order valence-corrected chi connectivity index (χ2v) is 5.43. The first-order valence-electron chi connectivity index (χ1n) is 6.13. The third-order valence-corrected chi connectivity index (χ3v) is 4.14. The van der Waals surface area contributed by atoms with Gasteiger partial charge in [-0.25, -0.2) is 9.97 Å². The van der Waals surface area contributed by atoms with Crippen molar-refractivity contribution >= 4 is 29.2 Å². The van der Waals surface area contributed by atoms with Crippen molar-refractivity contribution in [1.29, 1.82) is 0 Å². The molecule has 1 N–H and O–H groups in total. The first-order valence-corrected chi connectivity index (χ1v) is 7.49. The molecule has 0 fully saturated rings. The van der Waals surface area contributed by atoms with Gasteiger partial charge in [-0.15, -0.1) is 11.8 Å². The molecule has 1 heterocycles. The smallest absolute Gasteiger partial charge is 0.133 e. The van der Waals surface area contributed by atoms with E-state index in [0.717, 1.165) is 28.0 Å². The standard InChI is InChI=1S/C14H16ClN3S/c1-3-12-13(16-2)17-9-18-14(12)19-8-10-4-6-11(15)7-5-10/h4-7,9H,3,8H2,1-2H3,(H,16,17,18). The number of hydrogen-bond acceptors (Lipinski definition) is 4. The highest BCUT2D eigenvalue weighted by atomic mass is 35.5. The first kappa shape index (κ1) is 14.2. The molecule has 100 valence electrons. The SMILES string of the molecule is CCc1c(NC)ncnc1SCc1ccc(Cl)cc1. The van der Waals surface area contributed by atoms with E-state index in [9.17, 15) is 0 Å². The fraction of sp³-hybridized carbons (Fsp3) is 0.286. The second kappa shape index (κ2) is 6.78. The number of rotatable bonds is 5. The lowest BCUT2D eigenvalue weighted by Gasteiger charge is -2.10. The Bertz CT molecular complexity index is 543. The lowest BCUT2D eigenvalue weighted by Crippen LogP contribution is -2.01. The van der Waals surface area contributed by atoms with E-state index in [1.807, 2.05) is 31.3 Å². The van der Waals surface area contributed by atoms with E-state index in [4.69, 9.17) is 11.6 Å². The molecule has 0 aliphatic heterocycles. The zero-order chi connectivity index (χ0) is 13.7. The summed E-state index contributed by atoms with van der Waals surface area (Å²) >= 11 is 7.61. The van der Waals surface area contributed by atoms with Crippen molar-refractivity contribution in [3.8, 4) is 0 Å². The van der Waals surface area contributed by atoms with E-state index in [0.29, 0.717) is 0 Å². The van der Waals surface area contributed by atoms with Gasteiger partial charge in [0.25, 0.3) is 0 Å². The zero-order valence-electron chi connectivity index (χ0n) is 11.0. The van der Waals surface area contributed by atoms with Gasteiger partial charge in [0.2, 0.25) is 0 Å². The van der Waals surface area contributed by atoms with Gasteiger partial charge < -0.3 is 5.32 Å². The number of anilines is 1. The van der Waals surface area contributed by atoms with E-state index in [1.54, 1.807) is 18.1 Å². The van der Waals surface area contributed by atoms with Gasteiger partial charge in [-0.3, -0.25) is 0 Å². The molecule has 2 aromatic rings. The number of nitrogens with zero attached hydrogens (tertiary/aromatic N) is 2. The fourth-order valence-corrected chi connectivity index (χ4v) is 2.95. The maximum absolute atomic E-state index is 5.88. The average Bonchev–Trinajstić information content (AvgIpc) is 2.46. The number of halogens is 1. The van der Waals surface area contributed by atoms with E-state index in [-0.39, 0.29) is 0 Å². The lowest BCUT2D eigenvalue weighted by atomic mass is 10.2. The Morgan fingerprint density at radius 1 is 1.21 bits per heavy atom. The zero-order valence-corrected chi connectivity index (χ0v) is 12.6. The number of aromatic nitrogens is 2. The number of thioether (sulfide) groups is 1. The first-order chi connectivity index (χ1) is 9.24. The van der Waals surface area contributed by atoms with Crippen LogP contribution in [0.25, 0.3) is 0 Å². The van der Waals surface area contributed by atoms with Crippen LogP contribution in [-0.2, 0) is 12.2 Å². The predicted molar refractivity (Wildman–Crippen MR) is 82.0 cm³/mol. The quantitative estimate of drug-likeness (QED) is 0.667. The summed E-state index contributed by atoms with van der Waals surface area (Å²) in [5.41, 5.74) is 2.41. The minimum Gasteiger partial charge on any atom is -0.373 e. The Morgan fingerprint density at radius 2 is 1.95 bits per heavy atom. The van der Waals surface area contributed by atoms with Gasteiger partial charge in [0.1, 0.15) is 17.2 Å². The van der Waals surface area contributed by atoms with Crippen LogP contribution in [0.5, 0.6) is 0 Å². The van der Waals surface area contributed by atoms with Crippen LogP contribution < -0.4 is 5.32 Å². The Kier molecular flexibility index (Phi) is 5.05. The van der Waals surface area contributed by atoms with Crippen LogP contribution in [0, 0.1) is 0 Å². The van der Waals surface area contributed by atoms with Crippen LogP contribution in [0.15, 0.2) is 35.6 Å². The molecule has 0 unspecified atom stereocenters. The van der Waals surface area contributed by atoms with Crippen molar-refractivity contribution < 1.29 is 0 Å². The number of benzene rings is 1. The summed E-state index contributed by atoms with van der Waals surface area (Å²) in [6, 6.07) is 7.91. The van der Waals surface area contributed by atoms with E-state index >= 15 is 0 Å². The Morgan fingerprint density at radius 3 is 2.58 bits per heavy atom. The summed E-state index contributed by atoms with van der Waals surface area (Å²) in [6.45, 7) is 2.12. The molecule has 0 saturated heterocycles. The average molecular weight is 294 g/mol. The molecule has 0 aliphatic carbocycles. The largest absolute Gasteiger partial charge is 0.373 e. The summed E-state index contributed by atoms with van der Waals surface area (Å²) in [6.07, 6.45) is 2.52. The Labute approximate surface area is 122 Å². The van der Waals surface area contributed by atoms with Gasteiger partial charge in [-0.2, -0.15) is 0 Å². The van der Waals surface area contributed by atoms with Crippen LogP contribution in [0.3, 0.4) is 0 Å². The molecule has 0 amide bonds. The third kappa shape index (κ3) is 3.61. The van der Waals surface area contributed by atoms with Crippen molar-refractivity contribution in [1.82, 2.24) is 9.97 Å². The lowest BCUT2D eigenvalue weighted by molar-refractivity contribution is 0.946. The number of hydrogen-bond donors (Lipinski definition) is 1. The second-order valence-electron chi connectivity index (χ2n) is 4.02. The molecule has 0 aliphatic rings. The topological polar surface area (TPSA) is 37.8 Å². The molecule has 0 atom stereocenters. The maximum atomic E-state index is 5.88. The Hall–Kier alpha value is -1.26. The minimum atomic E-state index is 0.766. The monoisotopic (exact) mass is 293 g/mol. The molecular formula is C14H16ClN3S. The van der Waals surface area contributed by atoms with Crippen LogP contribution in [0.4, 0.5) is 5.82 Å². The fourth-order valence-electron chi connectivity index (χ4n) is 1.79. The highest BCUT2D eigenvalue weighted by Gasteiger charge is 2.09. The Balaban J connectivity index is 2.13. The maximum Gasteiger partial charge on any atom is 0.133 e. The molecule has 19 heavy (non-hydrogen) atoms. The van der Waals surface area contributed by atoms with E-state index < -0.39 is 0 Å². The van der Waals surface area contributed by atoms with Crippen molar-refractivity contribution in [3.05, 3.63) is 46.7 Å². The van der Waals surface area contributed by atoms with Gasteiger partial charge in [-0.05, 0) is 24.1 Å². The van der Waals surface area contributed by atoms with Crippen LogP contribution >= 0.6 is 23.4 Å². The van der Waals surface area contributed by atoms with Crippen LogP contribution in [0.2, 0.25) is 5.02 Å². The van der Waals surface area contributed by atoms with Crippen molar-refractivity contribution in [2.45, 2.75) is 24.1 Å². The molecule has 2 rings (SSSR count). The molecule has 5 heteroatoms. The molecule has 0 radical (unpaired) electrons. The molecule has 1 aromatic heterocycles. The summed E-state index contributed by atoms with van der Waals surface area (Å²) < 4.78 is 0. The normalized spacial score (nSPS) is 10.5. The van der Waals surface area contributed by atoms with Crippen LogP contribution in [0.1, 0.15) is 18.1 Å². The third-order valence-electron chi connectivity index (χ3n) is 2.78. The van der Waals surface area contributed by atoms with Gasteiger partial charge in [-0.1, -0.05) is 30.7 Å². The molecule has 0 bridgehead atoms. The van der Waals surface area contributed by atoms with Gasteiger partial charge >= 0.3 is 0 Å². The predicted octanol–water partition coefficient (Wildman–Crippen LogP) is 4.03. The van der Waals surface area contributed by atoms with E-state index in [1.165, 1.54) is 11.1 Å². The molecule has 0 spiro atoms. The summed E-state index contributed by atoms with van der Waals surface area (Å²) in [5.74, 6) is 1.79. The van der Waals surface area contributed by atoms with Gasteiger partial charge in [0, 0.05) is 23.4 Å².